The third-order valence-electron chi connectivity index (χ3n) is 2.41. The standard InChI is InChI=1S/C13H15N3/c1-9-8-10(2)16-13(15-9)11-4-6-12(14-3)7-5-11/h4-8,14H,1-3H3. The number of rotatable bonds is 2. The Labute approximate surface area is 95.6 Å². The van der Waals surface area contributed by atoms with Crippen molar-refractivity contribution in [2.75, 3.05) is 12.4 Å². The maximum atomic E-state index is 4.43. The van der Waals surface area contributed by atoms with Gasteiger partial charge in [0.25, 0.3) is 0 Å². The highest BCUT2D eigenvalue weighted by Gasteiger charge is 2.02. The van der Waals surface area contributed by atoms with Gasteiger partial charge in [-0.25, -0.2) is 9.97 Å². The molecule has 0 radical (unpaired) electrons. The molecule has 0 saturated carbocycles. The van der Waals surface area contributed by atoms with Crippen molar-refractivity contribution in [1.82, 2.24) is 9.97 Å². The van der Waals surface area contributed by atoms with Crippen LogP contribution in [0.5, 0.6) is 0 Å². The van der Waals surface area contributed by atoms with Gasteiger partial charge in [-0.2, -0.15) is 0 Å². The second-order valence-corrected chi connectivity index (χ2v) is 3.80. The summed E-state index contributed by atoms with van der Waals surface area (Å²) in [5, 5.41) is 3.09. The Balaban J connectivity index is 2.42. The highest BCUT2D eigenvalue weighted by atomic mass is 14.9. The van der Waals surface area contributed by atoms with Crippen molar-refractivity contribution >= 4 is 5.69 Å². The van der Waals surface area contributed by atoms with Crippen LogP contribution >= 0.6 is 0 Å². The first-order chi connectivity index (χ1) is 7.69. The summed E-state index contributed by atoms with van der Waals surface area (Å²) in [4.78, 5) is 8.86. The van der Waals surface area contributed by atoms with Crippen molar-refractivity contribution in [2.45, 2.75) is 13.8 Å². The van der Waals surface area contributed by atoms with Gasteiger partial charge in [-0.05, 0) is 44.2 Å². The fraction of sp³-hybridized carbons (Fsp3) is 0.231. The van der Waals surface area contributed by atoms with Crippen molar-refractivity contribution in [1.29, 1.82) is 0 Å². The number of hydrogen-bond acceptors (Lipinski definition) is 3. The van der Waals surface area contributed by atoms with Gasteiger partial charge >= 0.3 is 0 Å². The molecule has 1 N–H and O–H groups in total. The first-order valence-corrected chi connectivity index (χ1v) is 5.29. The second-order valence-electron chi connectivity index (χ2n) is 3.80. The van der Waals surface area contributed by atoms with Crippen LogP contribution in [0.1, 0.15) is 11.4 Å². The Morgan fingerprint density at radius 2 is 1.50 bits per heavy atom. The summed E-state index contributed by atoms with van der Waals surface area (Å²) in [5.74, 6) is 0.792. The van der Waals surface area contributed by atoms with Gasteiger partial charge in [0.05, 0.1) is 0 Å². The maximum absolute atomic E-state index is 4.43. The summed E-state index contributed by atoms with van der Waals surface area (Å²) in [6.45, 7) is 3.97. The van der Waals surface area contributed by atoms with Crippen LogP contribution in [0, 0.1) is 13.8 Å². The van der Waals surface area contributed by atoms with Gasteiger partial charge in [0.2, 0.25) is 0 Å². The lowest BCUT2D eigenvalue weighted by molar-refractivity contribution is 1.06. The van der Waals surface area contributed by atoms with Crippen molar-refractivity contribution in [3.8, 4) is 11.4 Å². The molecule has 2 rings (SSSR count). The molecule has 0 bridgehead atoms. The molecule has 1 aromatic carbocycles. The molecule has 0 fully saturated rings. The van der Waals surface area contributed by atoms with Crippen LogP contribution in [-0.2, 0) is 0 Å². The molecule has 0 aliphatic heterocycles. The topological polar surface area (TPSA) is 37.8 Å². The highest BCUT2D eigenvalue weighted by Crippen LogP contribution is 2.18. The zero-order valence-electron chi connectivity index (χ0n) is 9.78. The van der Waals surface area contributed by atoms with E-state index in [1.165, 1.54) is 0 Å². The van der Waals surface area contributed by atoms with Crippen LogP contribution in [0.2, 0.25) is 0 Å². The minimum atomic E-state index is 0.792. The fourth-order valence-corrected chi connectivity index (χ4v) is 1.64. The molecule has 0 atom stereocenters. The molecule has 0 unspecified atom stereocenters. The van der Waals surface area contributed by atoms with Crippen LogP contribution in [0.3, 0.4) is 0 Å². The van der Waals surface area contributed by atoms with E-state index >= 15 is 0 Å². The number of anilines is 1. The van der Waals surface area contributed by atoms with E-state index in [4.69, 9.17) is 0 Å². The first kappa shape index (κ1) is 10.6. The number of aromatic nitrogens is 2. The van der Waals surface area contributed by atoms with Gasteiger partial charge in [-0.15, -0.1) is 0 Å². The predicted molar refractivity (Wildman–Crippen MR) is 66.5 cm³/mol. The zero-order valence-corrected chi connectivity index (χ0v) is 9.78. The Hall–Kier alpha value is -1.90. The summed E-state index contributed by atoms with van der Waals surface area (Å²) in [6, 6.07) is 10.1. The third-order valence-corrected chi connectivity index (χ3v) is 2.41. The summed E-state index contributed by atoms with van der Waals surface area (Å²) in [6.07, 6.45) is 0. The van der Waals surface area contributed by atoms with E-state index in [1.54, 1.807) is 0 Å². The molecule has 16 heavy (non-hydrogen) atoms. The highest BCUT2D eigenvalue weighted by molar-refractivity contribution is 5.59. The van der Waals surface area contributed by atoms with Crippen LogP contribution in [0.25, 0.3) is 11.4 Å². The van der Waals surface area contributed by atoms with E-state index in [2.05, 4.69) is 15.3 Å². The lowest BCUT2D eigenvalue weighted by atomic mass is 10.2. The number of nitrogens with zero attached hydrogens (tertiary/aromatic N) is 2. The second kappa shape index (κ2) is 4.31. The average Bonchev–Trinajstić information content (AvgIpc) is 2.28. The van der Waals surface area contributed by atoms with E-state index in [0.29, 0.717) is 0 Å². The molecule has 82 valence electrons. The zero-order chi connectivity index (χ0) is 11.5. The Morgan fingerprint density at radius 3 is 2.00 bits per heavy atom. The summed E-state index contributed by atoms with van der Waals surface area (Å²) < 4.78 is 0. The van der Waals surface area contributed by atoms with Gasteiger partial charge in [0.1, 0.15) is 0 Å². The molecule has 0 aliphatic rings. The van der Waals surface area contributed by atoms with Crippen LogP contribution in [0.4, 0.5) is 5.69 Å². The number of nitrogens with one attached hydrogen (secondary N) is 1. The molecule has 2 aromatic rings. The lowest BCUT2D eigenvalue weighted by Gasteiger charge is -2.04. The van der Waals surface area contributed by atoms with Crippen molar-refractivity contribution < 1.29 is 0 Å². The van der Waals surface area contributed by atoms with Gasteiger partial charge in [0.15, 0.2) is 5.82 Å². The number of aryl methyl sites for hydroxylation is 2. The Morgan fingerprint density at radius 1 is 0.938 bits per heavy atom. The summed E-state index contributed by atoms with van der Waals surface area (Å²) >= 11 is 0. The molecular formula is C13H15N3. The van der Waals surface area contributed by atoms with Crippen LogP contribution in [-0.4, -0.2) is 17.0 Å². The van der Waals surface area contributed by atoms with Crippen molar-refractivity contribution in [2.24, 2.45) is 0 Å². The molecule has 0 saturated heterocycles. The summed E-state index contributed by atoms with van der Waals surface area (Å²) in [5.41, 5.74) is 4.14. The Bertz CT molecular complexity index is 469. The van der Waals surface area contributed by atoms with E-state index in [-0.39, 0.29) is 0 Å². The van der Waals surface area contributed by atoms with E-state index in [9.17, 15) is 0 Å². The van der Waals surface area contributed by atoms with E-state index < -0.39 is 0 Å². The SMILES string of the molecule is CNc1ccc(-c2nc(C)cc(C)n2)cc1. The Kier molecular flexibility index (Phi) is 2.86. The quantitative estimate of drug-likeness (QED) is 0.833. The predicted octanol–water partition coefficient (Wildman–Crippen LogP) is 2.80. The molecule has 0 amide bonds. The van der Waals surface area contributed by atoms with Gasteiger partial charge in [0, 0.05) is 29.7 Å². The monoisotopic (exact) mass is 213 g/mol. The average molecular weight is 213 g/mol. The third kappa shape index (κ3) is 2.19. The molecule has 0 aliphatic carbocycles. The van der Waals surface area contributed by atoms with Gasteiger partial charge in [-0.1, -0.05) is 0 Å². The molecule has 1 heterocycles. The summed E-state index contributed by atoms with van der Waals surface area (Å²) in [7, 11) is 1.91. The number of hydrogen-bond donors (Lipinski definition) is 1. The minimum absolute atomic E-state index is 0.792. The van der Waals surface area contributed by atoms with Gasteiger partial charge < -0.3 is 5.32 Å². The first-order valence-electron chi connectivity index (χ1n) is 5.29. The lowest BCUT2D eigenvalue weighted by Crippen LogP contribution is -1.94. The fourth-order valence-electron chi connectivity index (χ4n) is 1.64. The van der Waals surface area contributed by atoms with Gasteiger partial charge in [-0.3, -0.25) is 0 Å². The van der Waals surface area contributed by atoms with E-state index in [1.807, 2.05) is 51.2 Å². The molecular weight excluding hydrogens is 198 g/mol. The maximum Gasteiger partial charge on any atom is 0.159 e. The van der Waals surface area contributed by atoms with Crippen LogP contribution < -0.4 is 5.32 Å². The molecule has 0 spiro atoms. The van der Waals surface area contributed by atoms with Crippen molar-refractivity contribution in [3.63, 3.8) is 0 Å². The smallest absolute Gasteiger partial charge is 0.159 e. The van der Waals surface area contributed by atoms with Crippen molar-refractivity contribution in [3.05, 3.63) is 41.7 Å². The molecule has 3 heteroatoms. The largest absolute Gasteiger partial charge is 0.388 e. The minimum Gasteiger partial charge on any atom is -0.388 e. The van der Waals surface area contributed by atoms with E-state index in [0.717, 1.165) is 28.5 Å². The molecule has 3 nitrogen and oxygen atoms in total. The van der Waals surface area contributed by atoms with Crippen LogP contribution in [0.15, 0.2) is 30.3 Å². The number of benzene rings is 1. The normalized spacial score (nSPS) is 10.2. The molecule has 1 aromatic heterocycles.